The van der Waals surface area contributed by atoms with E-state index in [1.54, 1.807) is 12.1 Å². The lowest BCUT2D eigenvalue weighted by Crippen LogP contribution is -2.28. The molecule has 1 aromatic carbocycles. The summed E-state index contributed by atoms with van der Waals surface area (Å²) in [5, 5.41) is 11.9. The molecule has 1 aromatic heterocycles. The molecule has 0 aliphatic heterocycles. The van der Waals surface area contributed by atoms with Crippen LogP contribution in [0.5, 0.6) is 0 Å². The van der Waals surface area contributed by atoms with E-state index in [9.17, 15) is 4.79 Å². The van der Waals surface area contributed by atoms with Crippen molar-refractivity contribution in [2.75, 3.05) is 0 Å². The van der Waals surface area contributed by atoms with E-state index in [0.29, 0.717) is 6.54 Å². The second-order valence-electron chi connectivity index (χ2n) is 4.38. The van der Waals surface area contributed by atoms with Gasteiger partial charge in [0.2, 0.25) is 5.91 Å². The standard InChI is InChI=1S/C15H15N3O/c1-18-8-7-12(11-18)10-17-15(19)14(9-16)13-5-3-2-4-6-13/h2-8,11,14H,10H2,1H3,(H,17,19). The Labute approximate surface area is 112 Å². The number of nitriles is 1. The lowest BCUT2D eigenvalue weighted by atomic mass is 10.00. The van der Waals surface area contributed by atoms with Crippen LogP contribution < -0.4 is 5.32 Å². The number of rotatable bonds is 4. The summed E-state index contributed by atoms with van der Waals surface area (Å²) in [6.07, 6.45) is 3.85. The number of hydrogen-bond donors (Lipinski definition) is 1. The largest absolute Gasteiger partial charge is 0.357 e. The molecule has 0 saturated carbocycles. The van der Waals surface area contributed by atoms with Crippen LogP contribution in [0.2, 0.25) is 0 Å². The molecule has 4 nitrogen and oxygen atoms in total. The summed E-state index contributed by atoms with van der Waals surface area (Å²) in [5.74, 6) is -1.03. The van der Waals surface area contributed by atoms with E-state index in [4.69, 9.17) is 5.26 Å². The molecule has 1 N–H and O–H groups in total. The SMILES string of the molecule is Cn1ccc(CNC(=O)C(C#N)c2ccccc2)c1. The summed E-state index contributed by atoms with van der Waals surface area (Å²) in [7, 11) is 1.92. The summed E-state index contributed by atoms with van der Waals surface area (Å²) in [5.41, 5.74) is 1.73. The molecule has 0 bridgehead atoms. The number of nitrogens with one attached hydrogen (secondary N) is 1. The summed E-state index contributed by atoms with van der Waals surface area (Å²) < 4.78 is 1.92. The average molecular weight is 253 g/mol. The Hall–Kier alpha value is -2.54. The number of hydrogen-bond acceptors (Lipinski definition) is 2. The van der Waals surface area contributed by atoms with Gasteiger partial charge in [0.05, 0.1) is 6.07 Å². The van der Waals surface area contributed by atoms with Gasteiger partial charge < -0.3 is 9.88 Å². The maximum Gasteiger partial charge on any atom is 0.242 e. The number of amides is 1. The molecule has 1 atom stereocenters. The minimum atomic E-state index is -0.759. The number of carbonyl (C=O) groups excluding carboxylic acids is 1. The van der Waals surface area contributed by atoms with Gasteiger partial charge in [0, 0.05) is 26.0 Å². The molecule has 2 aromatic rings. The molecule has 1 amide bonds. The third-order valence-electron chi connectivity index (χ3n) is 2.88. The number of carbonyl (C=O) groups is 1. The molecular formula is C15H15N3O. The lowest BCUT2D eigenvalue weighted by molar-refractivity contribution is -0.121. The number of benzene rings is 1. The van der Waals surface area contributed by atoms with Crippen LogP contribution in [-0.4, -0.2) is 10.5 Å². The molecule has 0 radical (unpaired) electrons. The summed E-state index contributed by atoms with van der Waals surface area (Å²) >= 11 is 0. The fourth-order valence-corrected chi connectivity index (χ4v) is 1.89. The fraction of sp³-hybridized carbons (Fsp3) is 0.200. The third-order valence-corrected chi connectivity index (χ3v) is 2.88. The maximum atomic E-state index is 12.0. The zero-order chi connectivity index (χ0) is 13.7. The first-order valence-electron chi connectivity index (χ1n) is 6.04. The second kappa shape index (κ2) is 5.87. The summed E-state index contributed by atoms with van der Waals surface area (Å²) in [4.78, 5) is 12.0. The van der Waals surface area contributed by atoms with Gasteiger partial charge in [0.15, 0.2) is 0 Å². The molecule has 0 fully saturated rings. The van der Waals surface area contributed by atoms with Gasteiger partial charge in [0.25, 0.3) is 0 Å². The number of aryl methyl sites for hydroxylation is 1. The fourth-order valence-electron chi connectivity index (χ4n) is 1.89. The lowest BCUT2D eigenvalue weighted by Gasteiger charge is -2.09. The molecule has 0 aliphatic rings. The van der Waals surface area contributed by atoms with Crippen molar-refractivity contribution >= 4 is 5.91 Å². The van der Waals surface area contributed by atoms with E-state index in [1.165, 1.54) is 0 Å². The minimum Gasteiger partial charge on any atom is -0.357 e. The third kappa shape index (κ3) is 3.23. The van der Waals surface area contributed by atoms with Gasteiger partial charge in [0.1, 0.15) is 5.92 Å². The van der Waals surface area contributed by atoms with Crippen molar-refractivity contribution in [2.45, 2.75) is 12.5 Å². The first-order chi connectivity index (χ1) is 9.20. The van der Waals surface area contributed by atoms with Crippen molar-refractivity contribution in [1.29, 1.82) is 5.26 Å². The predicted octanol–water partition coefficient (Wildman–Crippen LogP) is 1.95. The highest BCUT2D eigenvalue weighted by Gasteiger charge is 2.19. The Morgan fingerprint density at radius 2 is 2.11 bits per heavy atom. The summed E-state index contributed by atoms with van der Waals surface area (Å²) in [6, 6.07) is 13.1. The molecule has 19 heavy (non-hydrogen) atoms. The van der Waals surface area contributed by atoms with Crippen LogP contribution in [-0.2, 0) is 18.4 Å². The summed E-state index contributed by atoms with van der Waals surface area (Å²) in [6.45, 7) is 0.435. The Bertz CT molecular complexity index is 595. The highest BCUT2D eigenvalue weighted by Crippen LogP contribution is 2.14. The monoisotopic (exact) mass is 253 g/mol. The molecule has 1 unspecified atom stereocenters. The average Bonchev–Trinajstić information content (AvgIpc) is 2.84. The Morgan fingerprint density at radius 3 is 2.68 bits per heavy atom. The number of nitrogens with zero attached hydrogens (tertiary/aromatic N) is 2. The molecule has 4 heteroatoms. The molecule has 2 rings (SSSR count). The van der Waals surface area contributed by atoms with Gasteiger partial charge in [-0.05, 0) is 17.2 Å². The van der Waals surface area contributed by atoms with E-state index in [0.717, 1.165) is 11.1 Å². The molecule has 0 spiro atoms. The van der Waals surface area contributed by atoms with Crippen LogP contribution in [0.25, 0.3) is 0 Å². The highest BCUT2D eigenvalue weighted by molar-refractivity contribution is 5.86. The minimum absolute atomic E-state index is 0.266. The van der Waals surface area contributed by atoms with Crippen molar-refractivity contribution in [3.05, 3.63) is 59.9 Å². The molecular weight excluding hydrogens is 238 g/mol. The molecule has 0 aliphatic carbocycles. The smallest absolute Gasteiger partial charge is 0.242 e. The van der Waals surface area contributed by atoms with E-state index in [2.05, 4.69) is 5.32 Å². The van der Waals surface area contributed by atoms with Gasteiger partial charge in [-0.2, -0.15) is 5.26 Å². The zero-order valence-electron chi connectivity index (χ0n) is 10.7. The van der Waals surface area contributed by atoms with Gasteiger partial charge >= 0.3 is 0 Å². The van der Waals surface area contributed by atoms with Gasteiger partial charge in [-0.15, -0.1) is 0 Å². The van der Waals surface area contributed by atoms with Crippen molar-refractivity contribution in [2.24, 2.45) is 7.05 Å². The van der Waals surface area contributed by atoms with Crippen molar-refractivity contribution < 1.29 is 4.79 Å². The normalized spacial score (nSPS) is 11.6. The molecule has 1 heterocycles. The van der Waals surface area contributed by atoms with Crippen LogP contribution in [0.4, 0.5) is 0 Å². The van der Waals surface area contributed by atoms with E-state index >= 15 is 0 Å². The zero-order valence-corrected chi connectivity index (χ0v) is 10.7. The first kappa shape index (κ1) is 12.9. The Morgan fingerprint density at radius 1 is 1.37 bits per heavy atom. The van der Waals surface area contributed by atoms with Crippen molar-refractivity contribution in [1.82, 2.24) is 9.88 Å². The van der Waals surface area contributed by atoms with Crippen molar-refractivity contribution in [3.63, 3.8) is 0 Å². The Kier molecular flexibility index (Phi) is 3.99. The molecule has 96 valence electrons. The predicted molar refractivity (Wildman–Crippen MR) is 72.1 cm³/mol. The van der Waals surface area contributed by atoms with Gasteiger partial charge in [-0.25, -0.2) is 0 Å². The van der Waals surface area contributed by atoms with E-state index in [-0.39, 0.29) is 5.91 Å². The van der Waals surface area contributed by atoms with Crippen LogP contribution in [0, 0.1) is 11.3 Å². The van der Waals surface area contributed by atoms with Crippen LogP contribution >= 0.6 is 0 Å². The van der Waals surface area contributed by atoms with Crippen LogP contribution in [0.1, 0.15) is 17.0 Å². The second-order valence-corrected chi connectivity index (χ2v) is 4.38. The first-order valence-corrected chi connectivity index (χ1v) is 6.04. The van der Waals surface area contributed by atoms with Crippen molar-refractivity contribution in [3.8, 4) is 6.07 Å². The van der Waals surface area contributed by atoms with E-state index < -0.39 is 5.92 Å². The maximum absolute atomic E-state index is 12.0. The number of aromatic nitrogens is 1. The Balaban J connectivity index is 2.00. The topological polar surface area (TPSA) is 57.8 Å². The van der Waals surface area contributed by atoms with Crippen LogP contribution in [0.3, 0.4) is 0 Å². The van der Waals surface area contributed by atoms with Crippen LogP contribution in [0.15, 0.2) is 48.8 Å². The van der Waals surface area contributed by atoms with Gasteiger partial charge in [-0.3, -0.25) is 4.79 Å². The quantitative estimate of drug-likeness (QED) is 0.905. The van der Waals surface area contributed by atoms with E-state index in [1.807, 2.05) is 54.3 Å². The van der Waals surface area contributed by atoms with Gasteiger partial charge in [-0.1, -0.05) is 30.3 Å². The molecule has 0 saturated heterocycles. The highest BCUT2D eigenvalue weighted by atomic mass is 16.1.